The highest BCUT2D eigenvalue weighted by Gasteiger charge is 2.14. The van der Waals surface area contributed by atoms with Crippen LogP contribution in [0, 0.1) is 6.92 Å². The van der Waals surface area contributed by atoms with Crippen molar-refractivity contribution in [3.63, 3.8) is 0 Å². The van der Waals surface area contributed by atoms with E-state index in [1.807, 2.05) is 6.92 Å². The first-order chi connectivity index (χ1) is 8.58. The van der Waals surface area contributed by atoms with Gasteiger partial charge in [0.05, 0.1) is 16.7 Å². The minimum Gasteiger partial charge on any atom is -0.387 e. The Morgan fingerprint density at radius 2 is 1.89 bits per heavy atom. The third-order valence-corrected chi connectivity index (χ3v) is 3.99. The number of aliphatic hydroxyl groups is 1. The van der Waals surface area contributed by atoms with Crippen LogP contribution in [0.4, 0.5) is 0 Å². The quantitative estimate of drug-likeness (QED) is 0.920. The lowest BCUT2D eigenvalue weighted by atomic mass is 9.99. The van der Waals surface area contributed by atoms with Gasteiger partial charge in [-0.2, -0.15) is 0 Å². The Balaban J connectivity index is 2.08. The molecule has 0 radical (unpaired) electrons. The van der Waals surface area contributed by atoms with Crippen LogP contribution >= 0.6 is 11.5 Å². The number of rotatable bonds is 4. The second-order valence-electron chi connectivity index (χ2n) is 4.84. The smallest absolute Gasteiger partial charge is 0.0957 e. The molecule has 0 bridgehead atoms. The third-order valence-electron chi connectivity index (χ3n) is 3.06. The molecule has 0 aliphatic carbocycles. The molecule has 1 heterocycles. The average Bonchev–Trinajstić information content (AvgIpc) is 2.76. The van der Waals surface area contributed by atoms with E-state index in [9.17, 15) is 5.11 Å². The highest BCUT2D eigenvalue weighted by Crippen LogP contribution is 2.24. The zero-order valence-electron chi connectivity index (χ0n) is 10.9. The summed E-state index contributed by atoms with van der Waals surface area (Å²) in [4.78, 5) is 0.864. The van der Waals surface area contributed by atoms with E-state index in [1.165, 1.54) is 17.1 Å². The summed E-state index contributed by atoms with van der Waals surface area (Å²) in [6.45, 7) is 6.23. The number of hydrogen-bond acceptors (Lipinski definition) is 4. The molecule has 1 N–H and O–H groups in total. The maximum atomic E-state index is 10.2. The molecule has 0 saturated heterocycles. The summed E-state index contributed by atoms with van der Waals surface area (Å²) in [6.07, 6.45) is 0.109. The SMILES string of the molecule is Cc1nnsc1C(O)Cc1ccc(C(C)C)cc1. The average molecular weight is 262 g/mol. The van der Waals surface area contributed by atoms with Gasteiger partial charge in [0, 0.05) is 6.42 Å². The van der Waals surface area contributed by atoms with Crippen LogP contribution in [0.5, 0.6) is 0 Å². The van der Waals surface area contributed by atoms with Gasteiger partial charge in [-0.1, -0.05) is 42.6 Å². The molecule has 2 aromatic rings. The molecule has 3 nitrogen and oxygen atoms in total. The molecular formula is C14H18N2OS. The predicted molar refractivity (Wildman–Crippen MR) is 73.8 cm³/mol. The van der Waals surface area contributed by atoms with Crippen molar-refractivity contribution in [3.05, 3.63) is 46.0 Å². The molecule has 0 spiro atoms. The Labute approximate surface area is 112 Å². The second kappa shape index (κ2) is 5.59. The van der Waals surface area contributed by atoms with Crippen LogP contribution in [0.25, 0.3) is 0 Å². The molecular weight excluding hydrogens is 244 g/mol. The van der Waals surface area contributed by atoms with Gasteiger partial charge in [-0.25, -0.2) is 0 Å². The minimum atomic E-state index is -0.505. The summed E-state index contributed by atoms with van der Waals surface area (Å²) < 4.78 is 3.85. The topological polar surface area (TPSA) is 46.0 Å². The Morgan fingerprint density at radius 3 is 2.39 bits per heavy atom. The largest absolute Gasteiger partial charge is 0.387 e. The predicted octanol–water partition coefficient (Wildman–Crippen LogP) is 3.25. The Bertz CT molecular complexity index is 505. The van der Waals surface area contributed by atoms with E-state index in [0.29, 0.717) is 12.3 Å². The van der Waals surface area contributed by atoms with Crippen molar-refractivity contribution >= 4 is 11.5 Å². The summed E-state index contributed by atoms with van der Waals surface area (Å²) >= 11 is 1.27. The van der Waals surface area contributed by atoms with Crippen LogP contribution in [0.3, 0.4) is 0 Å². The Kier molecular flexibility index (Phi) is 4.09. The van der Waals surface area contributed by atoms with Crippen LogP contribution < -0.4 is 0 Å². The molecule has 4 heteroatoms. The molecule has 0 amide bonds. The van der Waals surface area contributed by atoms with Gasteiger partial charge in [-0.15, -0.1) is 5.10 Å². The summed E-state index contributed by atoms with van der Waals surface area (Å²) in [6, 6.07) is 8.43. The van der Waals surface area contributed by atoms with Crippen molar-refractivity contribution in [1.29, 1.82) is 0 Å². The zero-order chi connectivity index (χ0) is 13.1. The van der Waals surface area contributed by atoms with E-state index in [4.69, 9.17) is 0 Å². The standard InChI is InChI=1S/C14H18N2OS/c1-9(2)12-6-4-11(5-7-12)8-13(17)14-10(3)15-16-18-14/h4-7,9,13,17H,8H2,1-3H3. The summed E-state index contributed by atoms with van der Waals surface area (Å²) in [7, 11) is 0. The van der Waals surface area contributed by atoms with Gasteiger partial charge in [0.1, 0.15) is 0 Å². The van der Waals surface area contributed by atoms with Crippen molar-refractivity contribution < 1.29 is 5.11 Å². The van der Waals surface area contributed by atoms with Crippen molar-refractivity contribution in [2.75, 3.05) is 0 Å². The highest BCUT2D eigenvalue weighted by molar-refractivity contribution is 7.05. The van der Waals surface area contributed by atoms with Crippen molar-refractivity contribution in [2.24, 2.45) is 0 Å². The highest BCUT2D eigenvalue weighted by atomic mass is 32.1. The number of benzene rings is 1. The molecule has 0 saturated carbocycles. The Morgan fingerprint density at radius 1 is 1.22 bits per heavy atom. The van der Waals surface area contributed by atoms with E-state index < -0.39 is 6.10 Å². The van der Waals surface area contributed by atoms with Gasteiger partial charge in [-0.05, 0) is 35.5 Å². The van der Waals surface area contributed by atoms with E-state index in [-0.39, 0.29) is 0 Å². The zero-order valence-corrected chi connectivity index (χ0v) is 11.7. The summed E-state index contributed by atoms with van der Waals surface area (Å²) in [5, 5.41) is 14.1. The minimum absolute atomic E-state index is 0.505. The van der Waals surface area contributed by atoms with Gasteiger partial charge in [0.25, 0.3) is 0 Å². The van der Waals surface area contributed by atoms with Gasteiger partial charge < -0.3 is 5.11 Å². The second-order valence-corrected chi connectivity index (χ2v) is 5.62. The summed E-state index contributed by atoms with van der Waals surface area (Å²) in [5.41, 5.74) is 3.29. The maximum absolute atomic E-state index is 10.2. The third kappa shape index (κ3) is 2.94. The number of aryl methyl sites for hydroxylation is 1. The number of nitrogens with zero attached hydrogens (tertiary/aromatic N) is 2. The fourth-order valence-corrected chi connectivity index (χ4v) is 2.53. The van der Waals surface area contributed by atoms with Crippen molar-refractivity contribution in [3.8, 4) is 0 Å². The monoisotopic (exact) mass is 262 g/mol. The first kappa shape index (κ1) is 13.2. The van der Waals surface area contributed by atoms with Crippen LogP contribution in [-0.2, 0) is 6.42 Å². The molecule has 96 valence electrons. The van der Waals surface area contributed by atoms with Crippen LogP contribution in [0.15, 0.2) is 24.3 Å². The lowest BCUT2D eigenvalue weighted by Crippen LogP contribution is -2.01. The van der Waals surface area contributed by atoms with Gasteiger partial charge in [0.15, 0.2) is 0 Å². The molecule has 1 aromatic carbocycles. The summed E-state index contributed by atoms with van der Waals surface area (Å²) in [5.74, 6) is 0.539. The van der Waals surface area contributed by atoms with Gasteiger partial charge >= 0.3 is 0 Å². The number of aromatic nitrogens is 2. The molecule has 1 aromatic heterocycles. The van der Waals surface area contributed by atoms with E-state index in [1.54, 1.807) is 0 Å². The van der Waals surface area contributed by atoms with E-state index in [0.717, 1.165) is 16.1 Å². The number of aliphatic hydroxyl groups excluding tert-OH is 1. The molecule has 2 rings (SSSR count). The van der Waals surface area contributed by atoms with E-state index in [2.05, 4.69) is 47.7 Å². The lowest BCUT2D eigenvalue weighted by Gasteiger charge is -2.10. The van der Waals surface area contributed by atoms with Gasteiger partial charge in [0.2, 0.25) is 0 Å². The first-order valence-corrected chi connectivity index (χ1v) is 6.91. The fraction of sp³-hybridized carbons (Fsp3) is 0.429. The molecule has 0 aliphatic heterocycles. The molecule has 18 heavy (non-hydrogen) atoms. The van der Waals surface area contributed by atoms with Crippen molar-refractivity contribution in [2.45, 2.75) is 39.2 Å². The first-order valence-electron chi connectivity index (χ1n) is 6.13. The van der Waals surface area contributed by atoms with Crippen LogP contribution in [0.1, 0.15) is 47.6 Å². The maximum Gasteiger partial charge on any atom is 0.0957 e. The lowest BCUT2D eigenvalue weighted by molar-refractivity contribution is 0.181. The molecule has 0 fully saturated rings. The van der Waals surface area contributed by atoms with Crippen LogP contribution in [0.2, 0.25) is 0 Å². The normalized spacial score (nSPS) is 12.9. The Hall–Kier alpha value is -1.26. The van der Waals surface area contributed by atoms with Crippen LogP contribution in [-0.4, -0.2) is 14.7 Å². The number of hydrogen-bond donors (Lipinski definition) is 1. The molecule has 0 aliphatic rings. The van der Waals surface area contributed by atoms with Gasteiger partial charge in [-0.3, -0.25) is 0 Å². The molecule has 1 unspecified atom stereocenters. The van der Waals surface area contributed by atoms with E-state index >= 15 is 0 Å². The van der Waals surface area contributed by atoms with Crippen molar-refractivity contribution in [1.82, 2.24) is 9.59 Å². The fourth-order valence-electron chi connectivity index (χ4n) is 1.90. The molecule has 1 atom stereocenters.